The number of ether oxygens (including phenoxy) is 1. The highest BCUT2D eigenvalue weighted by Gasteiger charge is 2.20. The Hall–Kier alpha value is -3.25. The number of aromatic nitrogens is 2. The number of hydrogen-bond acceptors (Lipinski definition) is 5. The predicted octanol–water partition coefficient (Wildman–Crippen LogP) is 5.31. The van der Waals surface area contributed by atoms with Gasteiger partial charge in [0.05, 0.1) is 29.8 Å². The van der Waals surface area contributed by atoms with E-state index in [1.54, 1.807) is 17.3 Å². The maximum absolute atomic E-state index is 13.1. The highest BCUT2D eigenvalue weighted by Crippen LogP contribution is 2.32. The van der Waals surface area contributed by atoms with Gasteiger partial charge in [-0.05, 0) is 60.9 Å². The molecule has 4 aromatic rings. The standard InChI is InChI=1S/C24H23N3O2S/c1-17-13-21-22(14-18(17)2)30-24(26-21)27(16-19-7-6-11-25-15-19)23(28)10-12-29-20-8-4-3-5-9-20/h3-9,11,13-15H,10,12,16H2,1-2H3. The van der Waals surface area contributed by atoms with Crippen LogP contribution in [0, 0.1) is 13.8 Å². The van der Waals surface area contributed by atoms with Crippen molar-refractivity contribution in [3.63, 3.8) is 0 Å². The Kier molecular flexibility index (Phi) is 6.05. The molecule has 6 heteroatoms. The number of hydrogen-bond donors (Lipinski definition) is 0. The summed E-state index contributed by atoms with van der Waals surface area (Å²) in [4.78, 5) is 23.8. The first-order valence-corrected chi connectivity index (χ1v) is 10.7. The molecule has 0 radical (unpaired) electrons. The van der Waals surface area contributed by atoms with Gasteiger partial charge in [-0.25, -0.2) is 4.98 Å². The summed E-state index contributed by atoms with van der Waals surface area (Å²) in [6, 6.07) is 17.6. The molecule has 0 aliphatic carbocycles. The van der Waals surface area contributed by atoms with Gasteiger partial charge in [0, 0.05) is 12.4 Å². The van der Waals surface area contributed by atoms with Gasteiger partial charge in [-0.1, -0.05) is 35.6 Å². The van der Waals surface area contributed by atoms with Crippen molar-refractivity contribution in [1.29, 1.82) is 0 Å². The number of aryl methyl sites for hydroxylation is 2. The lowest BCUT2D eigenvalue weighted by molar-refractivity contribution is -0.119. The number of fused-ring (bicyclic) bond motifs is 1. The third-order valence-corrected chi connectivity index (χ3v) is 5.96. The Balaban J connectivity index is 1.56. The summed E-state index contributed by atoms with van der Waals surface area (Å²) < 4.78 is 6.81. The van der Waals surface area contributed by atoms with Crippen LogP contribution in [0.15, 0.2) is 67.0 Å². The van der Waals surface area contributed by atoms with Gasteiger partial charge in [-0.2, -0.15) is 0 Å². The maximum Gasteiger partial charge on any atom is 0.232 e. The Morgan fingerprint density at radius 1 is 1.07 bits per heavy atom. The highest BCUT2D eigenvalue weighted by atomic mass is 32.1. The van der Waals surface area contributed by atoms with E-state index in [0.29, 0.717) is 18.3 Å². The smallest absolute Gasteiger partial charge is 0.232 e. The van der Waals surface area contributed by atoms with Gasteiger partial charge in [0.1, 0.15) is 5.75 Å². The second-order valence-electron chi connectivity index (χ2n) is 7.15. The molecule has 1 amide bonds. The van der Waals surface area contributed by atoms with Gasteiger partial charge in [-0.3, -0.25) is 14.7 Å². The van der Waals surface area contributed by atoms with E-state index in [2.05, 4.69) is 31.0 Å². The fraction of sp³-hybridized carbons (Fsp3) is 0.208. The molecule has 0 fully saturated rings. The van der Waals surface area contributed by atoms with Gasteiger partial charge < -0.3 is 4.74 Å². The molecule has 0 N–H and O–H groups in total. The fourth-order valence-electron chi connectivity index (χ4n) is 3.13. The van der Waals surface area contributed by atoms with Crippen LogP contribution in [0.5, 0.6) is 5.75 Å². The van der Waals surface area contributed by atoms with Crippen LogP contribution in [-0.2, 0) is 11.3 Å². The van der Waals surface area contributed by atoms with E-state index in [4.69, 9.17) is 9.72 Å². The maximum atomic E-state index is 13.1. The van der Waals surface area contributed by atoms with Crippen molar-refractivity contribution in [1.82, 2.24) is 9.97 Å². The number of rotatable bonds is 7. The van der Waals surface area contributed by atoms with Gasteiger partial charge in [0.2, 0.25) is 5.91 Å². The van der Waals surface area contributed by atoms with Crippen molar-refractivity contribution in [2.45, 2.75) is 26.8 Å². The topological polar surface area (TPSA) is 55.3 Å². The molecule has 0 unspecified atom stereocenters. The molecule has 2 aromatic carbocycles. The summed E-state index contributed by atoms with van der Waals surface area (Å²) in [6.07, 6.45) is 3.78. The van der Waals surface area contributed by atoms with E-state index in [-0.39, 0.29) is 12.3 Å². The van der Waals surface area contributed by atoms with Crippen molar-refractivity contribution in [2.75, 3.05) is 11.5 Å². The average molecular weight is 418 g/mol. The van der Waals surface area contributed by atoms with Gasteiger partial charge >= 0.3 is 0 Å². The molecule has 0 aliphatic heterocycles. The quantitative estimate of drug-likeness (QED) is 0.409. The van der Waals surface area contributed by atoms with Crippen LogP contribution in [-0.4, -0.2) is 22.5 Å². The zero-order chi connectivity index (χ0) is 20.9. The van der Waals surface area contributed by atoms with Crippen LogP contribution in [0.25, 0.3) is 10.2 Å². The molecule has 0 aliphatic rings. The Morgan fingerprint density at radius 2 is 1.87 bits per heavy atom. The highest BCUT2D eigenvalue weighted by molar-refractivity contribution is 7.22. The molecule has 5 nitrogen and oxygen atoms in total. The minimum Gasteiger partial charge on any atom is -0.493 e. The van der Waals surface area contributed by atoms with Crippen molar-refractivity contribution in [3.8, 4) is 5.75 Å². The third kappa shape index (κ3) is 4.66. The molecule has 0 spiro atoms. The van der Waals surface area contributed by atoms with Crippen LogP contribution in [0.1, 0.15) is 23.1 Å². The Bertz CT molecular complexity index is 1100. The molecular weight excluding hydrogens is 394 g/mol. The lowest BCUT2D eigenvalue weighted by Gasteiger charge is -2.20. The third-order valence-electron chi connectivity index (χ3n) is 4.92. The lowest BCUT2D eigenvalue weighted by Crippen LogP contribution is -2.31. The van der Waals surface area contributed by atoms with Crippen molar-refractivity contribution in [2.24, 2.45) is 0 Å². The van der Waals surface area contributed by atoms with Crippen LogP contribution < -0.4 is 9.64 Å². The molecule has 0 saturated heterocycles. The zero-order valence-electron chi connectivity index (χ0n) is 17.0. The molecule has 0 atom stereocenters. The number of benzene rings is 2. The average Bonchev–Trinajstić information content (AvgIpc) is 3.16. The summed E-state index contributed by atoms with van der Waals surface area (Å²) in [5, 5.41) is 0.698. The molecule has 2 aromatic heterocycles. The van der Waals surface area contributed by atoms with Gasteiger partial charge in [0.25, 0.3) is 0 Å². The fourth-order valence-corrected chi connectivity index (χ4v) is 4.19. The second-order valence-corrected chi connectivity index (χ2v) is 8.16. The number of amides is 1. The molecule has 152 valence electrons. The number of carbonyl (C=O) groups is 1. The summed E-state index contributed by atoms with van der Waals surface area (Å²) in [6.45, 7) is 4.91. The van der Waals surface area contributed by atoms with Crippen LogP contribution in [0.2, 0.25) is 0 Å². The van der Waals surface area contributed by atoms with E-state index in [1.165, 1.54) is 22.5 Å². The molecular formula is C24H23N3O2S. The van der Waals surface area contributed by atoms with Crippen LogP contribution in [0.3, 0.4) is 0 Å². The number of carbonyl (C=O) groups excluding carboxylic acids is 1. The first kappa shape index (κ1) is 20.0. The first-order chi connectivity index (χ1) is 14.6. The van der Waals surface area contributed by atoms with Crippen LogP contribution >= 0.6 is 11.3 Å². The minimum atomic E-state index is -0.0257. The van der Waals surface area contributed by atoms with Crippen molar-refractivity contribution >= 4 is 32.6 Å². The SMILES string of the molecule is Cc1cc2nc(N(Cc3cccnc3)C(=O)CCOc3ccccc3)sc2cc1C. The number of anilines is 1. The molecule has 4 rings (SSSR count). The zero-order valence-corrected chi connectivity index (χ0v) is 17.9. The van der Waals surface area contributed by atoms with Gasteiger partial charge in [0.15, 0.2) is 5.13 Å². The predicted molar refractivity (Wildman–Crippen MR) is 121 cm³/mol. The number of para-hydroxylation sites is 1. The van der Waals surface area contributed by atoms with E-state index >= 15 is 0 Å². The largest absolute Gasteiger partial charge is 0.493 e. The molecule has 30 heavy (non-hydrogen) atoms. The minimum absolute atomic E-state index is 0.0257. The first-order valence-electron chi connectivity index (χ1n) is 9.85. The summed E-state index contributed by atoms with van der Waals surface area (Å²) >= 11 is 1.54. The normalized spacial score (nSPS) is 10.9. The lowest BCUT2D eigenvalue weighted by atomic mass is 10.1. The summed E-state index contributed by atoms with van der Waals surface area (Å²) in [7, 11) is 0. The van der Waals surface area contributed by atoms with Crippen LogP contribution in [0.4, 0.5) is 5.13 Å². The number of thiazole rings is 1. The van der Waals surface area contributed by atoms with E-state index in [1.807, 2.05) is 42.5 Å². The monoisotopic (exact) mass is 417 g/mol. The number of pyridine rings is 1. The van der Waals surface area contributed by atoms with Gasteiger partial charge in [-0.15, -0.1) is 0 Å². The van der Waals surface area contributed by atoms with E-state index in [0.717, 1.165) is 21.5 Å². The Morgan fingerprint density at radius 3 is 2.63 bits per heavy atom. The number of nitrogens with zero attached hydrogens (tertiary/aromatic N) is 3. The van der Waals surface area contributed by atoms with E-state index in [9.17, 15) is 4.79 Å². The van der Waals surface area contributed by atoms with Crippen molar-refractivity contribution in [3.05, 3.63) is 83.7 Å². The molecule has 0 saturated carbocycles. The summed E-state index contributed by atoms with van der Waals surface area (Å²) in [5.41, 5.74) is 4.30. The van der Waals surface area contributed by atoms with Crippen molar-refractivity contribution < 1.29 is 9.53 Å². The Labute approximate surface area is 180 Å². The van der Waals surface area contributed by atoms with E-state index < -0.39 is 0 Å². The second kappa shape index (κ2) is 9.05. The summed E-state index contributed by atoms with van der Waals surface area (Å²) in [5.74, 6) is 0.734. The molecule has 0 bridgehead atoms. The molecule has 2 heterocycles.